The van der Waals surface area contributed by atoms with E-state index < -0.39 is 0 Å². The molecule has 0 unspecified atom stereocenters. The van der Waals surface area contributed by atoms with E-state index in [4.69, 9.17) is 0 Å². The smallest absolute Gasteiger partial charge is 0.225 e. The van der Waals surface area contributed by atoms with Gasteiger partial charge in [0, 0.05) is 25.2 Å². The maximum atomic E-state index is 12.6. The zero-order valence-corrected chi connectivity index (χ0v) is 16.0. The Morgan fingerprint density at radius 3 is 2.96 bits per heavy atom. The van der Waals surface area contributed by atoms with E-state index >= 15 is 0 Å². The van der Waals surface area contributed by atoms with Gasteiger partial charge in [0.2, 0.25) is 11.8 Å². The Hall–Kier alpha value is -2.44. The zero-order valence-electron chi connectivity index (χ0n) is 16.0. The molecule has 2 aromatic rings. The summed E-state index contributed by atoms with van der Waals surface area (Å²) in [5, 5.41) is 11.2. The summed E-state index contributed by atoms with van der Waals surface area (Å²) in [5.74, 6) is 1.58. The summed E-state index contributed by atoms with van der Waals surface area (Å²) in [6, 6.07) is 5.96. The molecule has 2 aliphatic rings. The van der Waals surface area contributed by atoms with E-state index in [2.05, 4.69) is 29.4 Å². The minimum absolute atomic E-state index is 0.0740. The average Bonchev–Trinajstić information content (AvgIpc) is 3.26. The molecule has 7 nitrogen and oxygen atoms in total. The summed E-state index contributed by atoms with van der Waals surface area (Å²) in [4.78, 5) is 27.2. The van der Waals surface area contributed by atoms with Crippen LogP contribution in [0.3, 0.4) is 0 Å². The van der Waals surface area contributed by atoms with Crippen molar-refractivity contribution < 1.29 is 9.59 Å². The first kappa shape index (κ1) is 17.9. The van der Waals surface area contributed by atoms with Gasteiger partial charge in [0.25, 0.3) is 0 Å². The van der Waals surface area contributed by atoms with Crippen LogP contribution in [0.1, 0.15) is 45.4 Å². The first-order valence-corrected chi connectivity index (χ1v) is 9.90. The maximum Gasteiger partial charge on any atom is 0.225 e. The number of hydrogen-bond acceptors (Lipinski definition) is 4. The van der Waals surface area contributed by atoms with Crippen LogP contribution in [-0.4, -0.2) is 43.9 Å². The first-order chi connectivity index (χ1) is 13.0. The van der Waals surface area contributed by atoms with Gasteiger partial charge in [-0.3, -0.25) is 14.0 Å². The van der Waals surface area contributed by atoms with Crippen molar-refractivity contribution in [2.24, 2.45) is 17.8 Å². The Kier molecular flexibility index (Phi) is 4.85. The van der Waals surface area contributed by atoms with Gasteiger partial charge in [0.15, 0.2) is 11.5 Å². The summed E-state index contributed by atoms with van der Waals surface area (Å²) < 4.78 is 1.86. The predicted molar refractivity (Wildman–Crippen MR) is 101 cm³/mol. The normalized spacial score (nSPS) is 28.7. The average molecular weight is 369 g/mol. The zero-order chi connectivity index (χ0) is 19.0. The Morgan fingerprint density at radius 2 is 2.11 bits per heavy atom. The summed E-state index contributed by atoms with van der Waals surface area (Å²) >= 11 is 0. The van der Waals surface area contributed by atoms with Gasteiger partial charge in [-0.05, 0) is 30.4 Å². The van der Waals surface area contributed by atoms with Crippen LogP contribution in [0, 0.1) is 17.8 Å². The van der Waals surface area contributed by atoms with Crippen LogP contribution in [0.5, 0.6) is 0 Å². The van der Waals surface area contributed by atoms with Crippen molar-refractivity contribution in [1.82, 2.24) is 24.8 Å². The van der Waals surface area contributed by atoms with Gasteiger partial charge >= 0.3 is 0 Å². The minimum Gasteiger partial charge on any atom is -0.348 e. The molecule has 1 N–H and O–H groups in total. The van der Waals surface area contributed by atoms with Gasteiger partial charge < -0.3 is 10.2 Å². The van der Waals surface area contributed by atoms with Gasteiger partial charge in [-0.2, -0.15) is 0 Å². The fraction of sp³-hybridized carbons (Fsp3) is 0.600. The molecular weight excluding hydrogens is 342 g/mol. The molecule has 4 rings (SSSR count). The maximum absolute atomic E-state index is 12.6. The number of hydrogen-bond donors (Lipinski definition) is 1. The monoisotopic (exact) mass is 369 g/mol. The SMILES string of the molecule is C[C@@H]1[C@@H](C)CCC[C@@H]1N1C[C@H](C(=O)NCc2nnc3ccccn23)CC1=O. The third kappa shape index (κ3) is 3.42. The number of likely N-dealkylation sites (tertiary alicyclic amines) is 1. The van der Waals surface area contributed by atoms with Crippen molar-refractivity contribution in [2.75, 3.05) is 6.54 Å². The Balaban J connectivity index is 1.38. The molecule has 0 radical (unpaired) electrons. The summed E-state index contributed by atoms with van der Waals surface area (Å²) in [6.07, 6.45) is 5.64. The van der Waals surface area contributed by atoms with Crippen molar-refractivity contribution in [2.45, 2.75) is 52.1 Å². The van der Waals surface area contributed by atoms with E-state index in [-0.39, 0.29) is 23.8 Å². The summed E-state index contributed by atoms with van der Waals surface area (Å²) in [5.41, 5.74) is 0.754. The minimum atomic E-state index is -0.277. The van der Waals surface area contributed by atoms with Crippen molar-refractivity contribution in [3.8, 4) is 0 Å². The highest BCUT2D eigenvalue weighted by molar-refractivity contribution is 5.89. The number of aromatic nitrogens is 3. The van der Waals surface area contributed by atoms with E-state index in [0.29, 0.717) is 37.2 Å². The topological polar surface area (TPSA) is 79.6 Å². The highest BCUT2D eigenvalue weighted by Crippen LogP contribution is 2.35. The molecule has 4 atom stereocenters. The second-order valence-corrected chi connectivity index (χ2v) is 8.04. The van der Waals surface area contributed by atoms with Crippen LogP contribution in [0.15, 0.2) is 24.4 Å². The molecule has 1 aliphatic carbocycles. The van der Waals surface area contributed by atoms with Crippen molar-refractivity contribution in [1.29, 1.82) is 0 Å². The van der Waals surface area contributed by atoms with Crippen molar-refractivity contribution in [3.05, 3.63) is 30.2 Å². The van der Waals surface area contributed by atoms with Gasteiger partial charge in [-0.25, -0.2) is 0 Å². The van der Waals surface area contributed by atoms with E-state index in [0.717, 1.165) is 18.5 Å². The van der Waals surface area contributed by atoms with Crippen LogP contribution in [-0.2, 0) is 16.1 Å². The molecule has 1 saturated heterocycles. The largest absolute Gasteiger partial charge is 0.348 e. The summed E-state index contributed by atoms with van der Waals surface area (Å²) in [7, 11) is 0. The van der Waals surface area contributed by atoms with Crippen LogP contribution >= 0.6 is 0 Å². The molecule has 2 amide bonds. The Morgan fingerprint density at radius 1 is 1.26 bits per heavy atom. The van der Waals surface area contributed by atoms with Crippen LogP contribution in [0.4, 0.5) is 0 Å². The molecule has 0 spiro atoms. The molecular formula is C20H27N5O2. The van der Waals surface area contributed by atoms with Gasteiger partial charge in [-0.15, -0.1) is 10.2 Å². The number of carbonyl (C=O) groups excluding carboxylic acids is 2. The predicted octanol–water partition coefficient (Wildman–Crippen LogP) is 2.02. The third-order valence-corrected chi connectivity index (χ3v) is 6.40. The number of nitrogens with zero attached hydrogens (tertiary/aromatic N) is 4. The van der Waals surface area contributed by atoms with Gasteiger partial charge in [0.05, 0.1) is 12.5 Å². The highest BCUT2D eigenvalue weighted by Gasteiger charge is 2.41. The molecule has 2 aromatic heterocycles. The highest BCUT2D eigenvalue weighted by atomic mass is 16.2. The van der Waals surface area contributed by atoms with Crippen molar-refractivity contribution >= 4 is 17.5 Å². The van der Waals surface area contributed by atoms with Gasteiger partial charge in [0.1, 0.15) is 0 Å². The van der Waals surface area contributed by atoms with E-state index in [1.807, 2.05) is 33.7 Å². The van der Waals surface area contributed by atoms with Crippen LogP contribution < -0.4 is 5.32 Å². The van der Waals surface area contributed by atoms with E-state index in [1.54, 1.807) is 0 Å². The lowest BCUT2D eigenvalue weighted by atomic mass is 9.77. The van der Waals surface area contributed by atoms with Crippen LogP contribution in [0.2, 0.25) is 0 Å². The number of carbonyl (C=O) groups is 2. The van der Waals surface area contributed by atoms with Gasteiger partial charge in [-0.1, -0.05) is 32.8 Å². The first-order valence-electron chi connectivity index (χ1n) is 9.90. The lowest BCUT2D eigenvalue weighted by Crippen LogP contribution is -2.45. The van der Waals surface area contributed by atoms with E-state index in [1.165, 1.54) is 6.42 Å². The molecule has 144 valence electrons. The number of amides is 2. The molecule has 7 heteroatoms. The molecule has 3 heterocycles. The number of rotatable bonds is 4. The molecule has 0 bridgehead atoms. The molecule has 2 fully saturated rings. The molecule has 1 saturated carbocycles. The molecule has 27 heavy (non-hydrogen) atoms. The Labute approximate surface area is 159 Å². The second-order valence-electron chi connectivity index (χ2n) is 8.04. The number of pyridine rings is 1. The lowest BCUT2D eigenvalue weighted by molar-refractivity contribution is -0.132. The standard InChI is InChI=1S/C20H27N5O2/c1-13-6-5-7-16(14(13)2)25-12-15(10-19(25)26)20(27)21-11-18-23-22-17-8-3-4-9-24(17)18/h3-4,8-9,13-16H,5-7,10-12H2,1-2H3,(H,21,27)/t13-,14+,15+,16-/m0/s1. The number of nitrogens with one attached hydrogen (secondary N) is 1. The fourth-order valence-electron chi connectivity index (χ4n) is 4.54. The second kappa shape index (κ2) is 7.29. The quantitative estimate of drug-likeness (QED) is 0.894. The van der Waals surface area contributed by atoms with Crippen LogP contribution in [0.25, 0.3) is 5.65 Å². The summed E-state index contributed by atoms with van der Waals surface area (Å²) in [6.45, 7) is 5.36. The van der Waals surface area contributed by atoms with Crippen molar-refractivity contribution in [3.63, 3.8) is 0 Å². The Bertz CT molecular complexity index is 848. The molecule has 1 aliphatic heterocycles. The third-order valence-electron chi connectivity index (χ3n) is 6.40. The molecule has 0 aromatic carbocycles. The number of fused-ring (bicyclic) bond motifs is 1. The van der Waals surface area contributed by atoms with E-state index in [9.17, 15) is 9.59 Å². The fourth-order valence-corrected chi connectivity index (χ4v) is 4.54. The lowest BCUT2D eigenvalue weighted by Gasteiger charge is -2.40.